The minimum Gasteiger partial charge on any atom is -0.358 e. The Morgan fingerprint density at radius 1 is 1.07 bits per heavy atom. The number of hydrogen-bond donors (Lipinski definition) is 2. The van der Waals surface area contributed by atoms with Gasteiger partial charge in [-0.2, -0.15) is 0 Å². The van der Waals surface area contributed by atoms with Gasteiger partial charge < -0.3 is 4.98 Å². The third-order valence-electron chi connectivity index (χ3n) is 5.66. The summed E-state index contributed by atoms with van der Waals surface area (Å²) in [6.45, 7) is 0. The fourth-order valence-corrected chi connectivity index (χ4v) is 4.99. The first-order chi connectivity index (χ1) is 13.8. The minimum atomic E-state index is -3.38. The Balaban J connectivity index is 1.51. The predicted octanol–water partition coefficient (Wildman–Crippen LogP) is 2.69. The summed E-state index contributed by atoms with van der Waals surface area (Å²) in [5.41, 5.74) is 4.43. The lowest BCUT2D eigenvalue weighted by Crippen LogP contribution is -2.43. The van der Waals surface area contributed by atoms with E-state index in [-0.39, 0.29) is 17.9 Å². The number of rotatable bonds is 3. The first-order valence-electron chi connectivity index (χ1n) is 9.40. The molecule has 2 amide bonds. The van der Waals surface area contributed by atoms with Crippen LogP contribution in [0.1, 0.15) is 38.4 Å². The Hall–Kier alpha value is -3.13. The summed E-state index contributed by atoms with van der Waals surface area (Å²) in [4.78, 5) is 30.5. The van der Waals surface area contributed by atoms with Gasteiger partial charge >= 0.3 is 0 Å². The second-order valence-corrected chi connectivity index (χ2v) is 9.39. The molecule has 8 heteroatoms. The lowest BCUT2D eigenvalue weighted by atomic mass is 9.90. The van der Waals surface area contributed by atoms with E-state index in [1.807, 2.05) is 6.07 Å². The Morgan fingerprint density at radius 2 is 1.76 bits per heavy atom. The van der Waals surface area contributed by atoms with Crippen molar-refractivity contribution in [2.24, 2.45) is 0 Å². The van der Waals surface area contributed by atoms with Crippen LogP contribution in [0.2, 0.25) is 0 Å². The number of benzene rings is 2. The molecule has 2 N–H and O–H groups in total. The van der Waals surface area contributed by atoms with E-state index in [2.05, 4.69) is 9.71 Å². The fraction of sp³-hybridized carbons (Fsp3) is 0.238. The normalized spacial score (nSPS) is 18.8. The molecule has 2 aromatic carbocycles. The van der Waals surface area contributed by atoms with Gasteiger partial charge in [-0.1, -0.05) is 12.1 Å². The second-order valence-electron chi connectivity index (χ2n) is 7.64. The molecule has 148 valence electrons. The van der Waals surface area contributed by atoms with E-state index < -0.39 is 10.0 Å². The molecule has 0 saturated carbocycles. The van der Waals surface area contributed by atoms with Gasteiger partial charge in [-0.3, -0.25) is 19.2 Å². The van der Waals surface area contributed by atoms with Crippen LogP contribution in [-0.4, -0.2) is 42.4 Å². The largest absolute Gasteiger partial charge is 0.358 e. The van der Waals surface area contributed by atoms with E-state index in [0.717, 1.165) is 34.8 Å². The van der Waals surface area contributed by atoms with Crippen molar-refractivity contribution in [3.05, 3.63) is 64.8 Å². The maximum Gasteiger partial charge on any atom is 0.261 e. The monoisotopic (exact) mass is 409 g/mol. The summed E-state index contributed by atoms with van der Waals surface area (Å²) in [5, 5.41) is 0.912. The number of amides is 2. The van der Waals surface area contributed by atoms with Crippen molar-refractivity contribution in [3.63, 3.8) is 0 Å². The van der Waals surface area contributed by atoms with Crippen LogP contribution in [0.5, 0.6) is 0 Å². The smallest absolute Gasteiger partial charge is 0.261 e. The number of carbonyl (C=O) groups is 2. The van der Waals surface area contributed by atoms with Crippen molar-refractivity contribution < 1.29 is 18.0 Å². The van der Waals surface area contributed by atoms with Crippen LogP contribution in [0.15, 0.2) is 42.5 Å². The van der Waals surface area contributed by atoms with Crippen molar-refractivity contribution >= 4 is 38.4 Å². The quantitative estimate of drug-likeness (QED) is 0.650. The molecular formula is C21H19N3O4S. The zero-order valence-electron chi connectivity index (χ0n) is 15.7. The molecule has 2 heterocycles. The number of carbonyl (C=O) groups excluding carboxylic acids is 2. The number of sulfonamides is 1. The third-order valence-corrected chi connectivity index (χ3v) is 6.26. The van der Waals surface area contributed by atoms with Gasteiger partial charge in [-0.25, -0.2) is 8.42 Å². The average Bonchev–Trinajstić information content (AvgIpc) is 3.15. The van der Waals surface area contributed by atoms with E-state index in [1.54, 1.807) is 36.4 Å². The molecule has 1 atom stereocenters. The van der Waals surface area contributed by atoms with Gasteiger partial charge in [0, 0.05) is 28.3 Å². The summed E-state index contributed by atoms with van der Waals surface area (Å²) in [7, 11) is -3.38. The number of aromatic nitrogens is 1. The molecule has 1 unspecified atom stereocenters. The molecule has 2 aliphatic rings. The molecule has 0 bridgehead atoms. The van der Waals surface area contributed by atoms with Crippen LogP contribution in [0.3, 0.4) is 0 Å². The second kappa shape index (κ2) is 6.18. The minimum absolute atomic E-state index is 0.222. The Labute approximate surface area is 167 Å². The van der Waals surface area contributed by atoms with Crippen molar-refractivity contribution in [2.45, 2.75) is 25.3 Å². The molecule has 0 saturated heterocycles. The van der Waals surface area contributed by atoms with Crippen LogP contribution in [0, 0.1) is 0 Å². The van der Waals surface area contributed by atoms with Gasteiger partial charge in [0.2, 0.25) is 10.0 Å². The van der Waals surface area contributed by atoms with Crippen LogP contribution >= 0.6 is 0 Å². The highest BCUT2D eigenvalue weighted by Crippen LogP contribution is 2.35. The third kappa shape index (κ3) is 2.91. The number of aromatic amines is 1. The number of aryl methyl sites for hydroxylation is 1. The Kier molecular flexibility index (Phi) is 3.82. The van der Waals surface area contributed by atoms with Gasteiger partial charge in [-0.05, 0) is 55.2 Å². The maximum atomic E-state index is 12.9. The van der Waals surface area contributed by atoms with E-state index in [1.165, 1.54) is 4.90 Å². The van der Waals surface area contributed by atoms with Gasteiger partial charge in [0.1, 0.15) is 0 Å². The van der Waals surface area contributed by atoms with Crippen LogP contribution in [0.4, 0.5) is 5.69 Å². The molecule has 1 aromatic heterocycles. The number of anilines is 1. The summed E-state index contributed by atoms with van der Waals surface area (Å²) in [6, 6.07) is 12.1. The Morgan fingerprint density at radius 3 is 2.41 bits per heavy atom. The molecule has 1 aliphatic heterocycles. The molecule has 5 rings (SSSR count). The highest BCUT2D eigenvalue weighted by molar-refractivity contribution is 7.92. The highest BCUT2D eigenvalue weighted by Gasteiger charge is 2.41. The number of nitrogens with one attached hydrogen (secondary N) is 2. The molecule has 3 aromatic rings. The van der Waals surface area contributed by atoms with Gasteiger partial charge in [-0.15, -0.1) is 0 Å². The molecule has 29 heavy (non-hydrogen) atoms. The van der Waals surface area contributed by atoms with E-state index in [4.69, 9.17) is 0 Å². The number of nitrogens with zero attached hydrogens (tertiary/aromatic N) is 1. The first kappa shape index (κ1) is 17.9. The molecule has 7 nitrogen and oxygen atoms in total. The lowest BCUT2D eigenvalue weighted by molar-refractivity contribution is 0.0571. The molecule has 0 radical (unpaired) electrons. The summed E-state index contributed by atoms with van der Waals surface area (Å²) in [6.07, 6.45) is 3.07. The predicted molar refractivity (Wildman–Crippen MR) is 110 cm³/mol. The zero-order valence-corrected chi connectivity index (χ0v) is 16.5. The van der Waals surface area contributed by atoms with Crippen LogP contribution < -0.4 is 4.72 Å². The summed E-state index contributed by atoms with van der Waals surface area (Å²) in [5.74, 6) is -0.475. The molecule has 0 fully saturated rings. The zero-order chi connectivity index (χ0) is 20.3. The SMILES string of the molecule is CS(=O)(=O)Nc1ccc2[nH]c3c(c2c1)CC(N1C(=O)c2ccccc2C1=O)CC3. The van der Waals surface area contributed by atoms with E-state index in [0.29, 0.717) is 29.7 Å². The number of hydrogen-bond acceptors (Lipinski definition) is 4. The first-order valence-corrected chi connectivity index (χ1v) is 11.3. The van der Waals surface area contributed by atoms with Gasteiger partial charge in [0.15, 0.2) is 0 Å². The van der Waals surface area contributed by atoms with Gasteiger partial charge in [0.05, 0.1) is 17.4 Å². The number of imide groups is 1. The van der Waals surface area contributed by atoms with Crippen molar-refractivity contribution in [3.8, 4) is 0 Å². The Bertz CT molecular complexity index is 1260. The summed E-state index contributed by atoms with van der Waals surface area (Å²) < 4.78 is 25.6. The molecular weight excluding hydrogens is 390 g/mol. The standard InChI is InChI=1S/C21H19N3O4S/c1-29(27,28)23-12-6-8-18-16(10-12)17-11-13(7-9-19(17)22-18)24-20(25)14-4-2-3-5-15(14)21(24)26/h2-6,8,10,13,22-23H,7,9,11H2,1H3. The van der Waals surface area contributed by atoms with Crippen molar-refractivity contribution in [1.29, 1.82) is 0 Å². The number of fused-ring (bicyclic) bond motifs is 4. The lowest BCUT2D eigenvalue weighted by Gasteiger charge is -2.29. The summed E-state index contributed by atoms with van der Waals surface area (Å²) >= 11 is 0. The fourth-order valence-electron chi connectivity index (χ4n) is 4.44. The van der Waals surface area contributed by atoms with Gasteiger partial charge in [0.25, 0.3) is 11.8 Å². The average molecular weight is 409 g/mol. The van der Waals surface area contributed by atoms with Crippen molar-refractivity contribution in [2.75, 3.05) is 11.0 Å². The molecule has 1 aliphatic carbocycles. The van der Waals surface area contributed by atoms with Crippen molar-refractivity contribution in [1.82, 2.24) is 9.88 Å². The number of H-pyrrole nitrogens is 1. The van der Waals surface area contributed by atoms with E-state index in [9.17, 15) is 18.0 Å². The topological polar surface area (TPSA) is 99.3 Å². The van der Waals surface area contributed by atoms with Crippen LogP contribution in [0.25, 0.3) is 10.9 Å². The van der Waals surface area contributed by atoms with Crippen LogP contribution in [-0.2, 0) is 22.9 Å². The van der Waals surface area contributed by atoms with E-state index >= 15 is 0 Å². The maximum absolute atomic E-state index is 12.9. The molecule has 0 spiro atoms. The highest BCUT2D eigenvalue weighted by atomic mass is 32.2.